The summed E-state index contributed by atoms with van der Waals surface area (Å²) in [5.41, 5.74) is 2.03. The van der Waals surface area contributed by atoms with Gasteiger partial charge in [0, 0.05) is 63.9 Å². The van der Waals surface area contributed by atoms with Crippen LogP contribution in [0.15, 0.2) is 53.3 Å². The van der Waals surface area contributed by atoms with Crippen molar-refractivity contribution in [1.29, 1.82) is 5.26 Å². The van der Waals surface area contributed by atoms with Crippen molar-refractivity contribution < 1.29 is 9.59 Å². The number of para-hydroxylation sites is 1. The largest absolute Gasteiger partial charge is 0.368 e. The van der Waals surface area contributed by atoms with Crippen LogP contribution in [0, 0.1) is 11.3 Å². The molecule has 1 saturated heterocycles. The van der Waals surface area contributed by atoms with E-state index in [9.17, 15) is 19.6 Å². The molecule has 0 atom stereocenters. The van der Waals surface area contributed by atoms with Gasteiger partial charge in [-0.15, -0.1) is 11.3 Å². The summed E-state index contributed by atoms with van der Waals surface area (Å²) >= 11 is 7.44. The zero-order chi connectivity index (χ0) is 30.2. The second-order valence-corrected chi connectivity index (χ2v) is 11.1. The van der Waals surface area contributed by atoms with Crippen LogP contribution in [0.2, 0.25) is 5.02 Å². The van der Waals surface area contributed by atoms with Gasteiger partial charge in [-0.2, -0.15) is 5.26 Å². The number of piperazine rings is 1. The van der Waals surface area contributed by atoms with Crippen LogP contribution in [-0.4, -0.2) is 67.6 Å². The Bertz CT molecular complexity index is 1670. The fraction of sp³-hybridized carbons (Fsp3) is 0.333. The number of amides is 2. The third kappa shape index (κ3) is 7.02. The number of rotatable bonds is 9. The average molecular weight is 608 g/mol. The van der Waals surface area contributed by atoms with Gasteiger partial charge in [0.05, 0.1) is 17.3 Å². The highest BCUT2D eigenvalue weighted by atomic mass is 35.5. The summed E-state index contributed by atoms with van der Waals surface area (Å²) in [6, 6.07) is 17.1. The summed E-state index contributed by atoms with van der Waals surface area (Å²) in [6.45, 7) is 7.63. The van der Waals surface area contributed by atoms with E-state index in [1.165, 1.54) is 4.57 Å². The Hall–Kier alpha value is -4.11. The molecule has 1 aliphatic heterocycles. The van der Waals surface area contributed by atoms with E-state index < -0.39 is 5.91 Å². The zero-order valence-corrected chi connectivity index (χ0v) is 25.5. The van der Waals surface area contributed by atoms with Crippen LogP contribution in [0.1, 0.15) is 13.8 Å². The number of thiazole rings is 1. The SMILES string of the molecule is CCNC(=O)C(C#N)=c1sc(=CNc2cccc(N(C)C(=O)CN3CCN(c4ccccc4Cl)CC3)c2)c(=O)n1CC. The molecule has 1 aliphatic rings. The molecule has 220 valence electrons. The lowest BCUT2D eigenvalue weighted by atomic mass is 10.2. The maximum Gasteiger partial charge on any atom is 0.270 e. The molecule has 2 N–H and O–H groups in total. The number of nitriles is 1. The molecule has 0 aliphatic carbocycles. The van der Waals surface area contributed by atoms with Crippen LogP contribution in [0.4, 0.5) is 17.1 Å². The molecule has 42 heavy (non-hydrogen) atoms. The van der Waals surface area contributed by atoms with Crippen LogP contribution >= 0.6 is 22.9 Å². The van der Waals surface area contributed by atoms with E-state index in [0.29, 0.717) is 40.2 Å². The number of carbonyl (C=O) groups excluding carboxylic acids is 2. The molecule has 0 radical (unpaired) electrons. The Morgan fingerprint density at radius 3 is 2.52 bits per heavy atom. The molecule has 1 aromatic heterocycles. The first-order valence-electron chi connectivity index (χ1n) is 13.7. The van der Waals surface area contributed by atoms with Gasteiger partial charge in [0.1, 0.15) is 15.3 Å². The zero-order valence-electron chi connectivity index (χ0n) is 23.9. The summed E-state index contributed by atoms with van der Waals surface area (Å²) in [5.74, 6) is -0.535. The highest BCUT2D eigenvalue weighted by Gasteiger charge is 2.22. The van der Waals surface area contributed by atoms with Gasteiger partial charge in [-0.1, -0.05) is 29.8 Å². The van der Waals surface area contributed by atoms with Crippen LogP contribution in [0.25, 0.3) is 11.8 Å². The predicted molar refractivity (Wildman–Crippen MR) is 169 cm³/mol. The molecular formula is C30H34ClN7O3S. The highest BCUT2D eigenvalue weighted by Crippen LogP contribution is 2.26. The molecule has 0 bridgehead atoms. The van der Waals surface area contributed by atoms with Crippen molar-refractivity contribution in [1.82, 2.24) is 14.8 Å². The smallest absolute Gasteiger partial charge is 0.270 e. The van der Waals surface area contributed by atoms with Crippen molar-refractivity contribution in [3.8, 4) is 6.07 Å². The number of carbonyl (C=O) groups is 2. The molecule has 1 fully saturated rings. The lowest BCUT2D eigenvalue weighted by Gasteiger charge is -2.36. The molecule has 12 heteroatoms. The summed E-state index contributed by atoms with van der Waals surface area (Å²) < 4.78 is 2.09. The average Bonchev–Trinajstić information content (AvgIpc) is 3.31. The van der Waals surface area contributed by atoms with E-state index in [-0.39, 0.29) is 17.0 Å². The van der Waals surface area contributed by atoms with Crippen molar-refractivity contribution in [3.63, 3.8) is 0 Å². The van der Waals surface area contributed by atoms with E-state index in [1.807, 2.05) is 54.6 Å². The highest BCUT2D eigenvalue weighted by molar-refractivity contribution is 7.07. The van der Waals surface area contributed by atoms with E-state index in [0.717, 1.165) is 48.2 Å². The molecule has 2 amide bonds. The Morgan fingerprint density at radius 1 is 1.12 bits per heavy atom. The third-order valence-electron chi connectivity index (χ3n) is 7.02. The lowest BCUT2D eigenvalue weighted by Crippen LogP contribution is -2.49. The quantitative estimate of drug-likeness (QED) is 0.383. The van der Waals surface area contributed by atoms with Gasteiger partial charge < -0.3 is 20.4 Å². The first kappa shape index (κ1) is 30.8. The molecule has 3 aromatic rings. The van der Waals surface area contributed by atoms with Crippen LogP contribution < -0.4 is 35.2 Å². The number of benzene rings is 2. The normalized spacial score (nSPS) is 14.7. The number of hydrogen-bond donors (Lipinski definition) is 2. The summed E-state index contributed by atoms with van der Waals surface area (Å²) in [7, 11) is 1.75. The maximum absolute atomic E-state index is 13.1. The summed E-state index contributed by atoms with van der Waals surface area (Å²) in [6.07, 6.45) is 1.56. The molecule has 0 saturated carbocycles. The van der Waals surface area contributed by atoms with Crippen molar-refractivity contribution in [2.75, 3.05) is 61.4 Å². The number of nitrogens with zero attached hydrogens (tertiary/aromatic N) is 5. The number of likely N-dealkylation sites (N-methyl/N-ethyl adjacent to an activating group) is 1. The number of aromatic nitrogens is 1. The van der Waals surface area contributed by atoms with E-state index in [4.69, 9.17) is 11.6 Å². The van der Waals surface area contributed by atoms with E-state index >= 15 is 0 Å². The molecule has 2 heterocycles. The second kappa shape index (κ2) is 14.2. The first-order chi connectivity index (χ1) is 20.3. The molecule has 0 unspecified atom stereocenters. The van der Waals surface area contributed by atoms with E-state index in [1.54, 1.807) is 32.0 Å². The minimum absolute atomic E-state index is 0.0269. The summed E-state index contributed by atoms with van der Waals surface area (Å²) in [4.78, 5) is 44.5. The van der Waals surface area contributed by atoms with Gasteiger partial charge in [0.2, 0.25) is 5.91 Å². The molecular weight excluding hydrogens is 574 g/mol. The third-order valence-corrected chi connectivity index (χ3v) is 8.47. The fourth-order valence-corrected chi connectivity index (χ4v) is 6.03. The minimum Gasteiger partial charge on any atom is -0.368 e. The van der Waals surface area contributed by atoms with E-state index in [2.05, 4.69) is 20.4 Å². The van der Waals surface area contributed by atoms with Gasteiger partial charge in [-0.3, -0.25) is 23.9 Å². The minimum atomic E-state index is -0.508. The second-order valence-electron chi connectivity index (χ2n) is 9.67. The number of anilines is 3. The molecule has 2 aromatic carbocycles. The monoisotopic (exact) mass is 607 g/mol. The number of hydrogen-bond acceptors (Lipinski definition) is 8. The lowest BCUT2D eigenvalue weighted by molar-refractivity contribution is -0.119. The predicted octanol–water partition coefficient (Wildman–Crippen LogP) is 2.03. The Kier molecular flexibility index (Phi) is 10.4. The van der Waals surface area contributed by atoms with Crippen molar-refractivity contribution in [3.05, 3.63) is 73.1 Å². The number of halogens is 1. The molecule has 10 nitrogen and oxygen atoms in total. The van der Waals surface area contributed by atoms with Crippen molar-refractivity contribution in [2.24, 2.45) is 0 Å². The topological polar surface area (TPSA) is 114 Å². The maximum atomic E-state index is 13.1. The van der Waals surface area contributed by atoms with Gasteiger partial charge in [-0.05, 0) is 44.2 Å². The van der Waals surface area contributed by atoms with Gasteiger partial charge in [0.15, 0.2) is 5.57 Å². The Labute approximate surface area is 253 Å². The van der Waals surface area contributed by atoms with Crippen LogP contribution in [-0.2, 0) is 16.1 Å². The standard InChI is InChI=1S/C30H34ClN7O3S/c1-4-33-28(40)23(18-32)30-38(5-2)29(41)26(42-30)19-34-21-9-8-10-22(17-21)35(3)27(39)20-36-13-15-37(16-14-36)25-12-7-6-11-24(25)31/h6-12,17,19,34H,4-5,13-16,20H2,1-3H3,(H,33,40). The van der Waals surface area contributed by atoms with Crippen LogP contribution in [0.5, 0.6) is 0 Å². The number of nitrogens with one attached hydrogen (secondary N) is 2. The first-order valence-corrected chi connectivity index (χ1v) is 14.9. The summed E-state index contributed by atoms with van der Waals surface area (Å²) in [5, 5.41) is 16.1. The Balaban J connectivity index is 1.44. The molecule has 0 spiro atoms. The van der Waals surface area contributed by atoms with Gasteiger partial charge in [-0.25, -0.2) is 0 Å². The molecule has 4 rings (SSSR count). The van der Waals surface area contributed by atoms with Crippen molar-refractivity contribution >= 4 is 63.6 Å². The fourth-order valence-electron chi connectivity index (χ4n) is 4.69. The van der Waals surface area contributed by atoms with Crippen LogP contribution in [0.3, 0.4) is 0 Å². The van der Waals surface area contributed by atoms with Gasteiger partial charge in [0.25, 0.3) is 11.5 Å². The Morgan fingerprint density at radius 2 is 1.86 bits per heavy atom. The van der Waals surface area contributed by atoms with Crippen molar-refractivity contribution in [2.45, 2.75) is 20.4 Å². The van der Waals surface area contributed by atoms with Gasteiger partial charge >= 0.3 is 0 Å².